The minimum absolute atomic E-state index is 0.0412. The van der Waals surface area contributed by atoms with Crippen molar-refractivity contribution in [2.45, 2.75) is 32.6 Å². The van der Waals surface area contributed by atoms with E-state index in [1.165, 1.54) is 12.1 Å². The lowest BCUT2D eigenvalue weighted by Gasteiger charge is -2.23. The van der Waals surface area contributed by atoms with Crippen LogP contribution in [0.1, 0.15) is 37.3 Å². The SMILES string of the molecule is CCc1ccc(-c2c(F)cc(Cl)cc2Cl)cc1C1=C(O)[C@H]2[C@H]3CC[C@H](C3)[C@H]2C1=O. The number of fused-ring (bicyclic) bond motifs is 5. The molecule has 0 heterocycles. The second-order valence-corrected chi connectivity index (χ2v) is 9.32. The Hall–Kier alpha value is -1.84. The molecule has 2 bridgehead atoms. The van der Waals surface area contributed by atoms with Crippen LogP contribution in [-0.2, 0) is 11.2 Å². The highest BCUT2D eigenvalue weighted by atomic mass is 35.5. The number of hydrogen-bond donors (Lipinski definition) is 1. The molecule has 3 aliphatic carbocycles. The molecule has 150 valence electrons. The van der Waals surface area contributed by atoms with Gasteiger partial charge in [-0.25, -0.2) is 4.39 Å². The van der Waals surface area contributed by atoms with Gasteiger partial charge in [-0.1, -0.05) is 42.3 Å². The second-order valence-electron chi connectivity index (χ2n) is 8.48. The minimum atomic E-state index is -0.511. The predicted molar refractivity (Wildman–Crippen MR) is 114 cm³/mol. The number of benzene rings is 2. The van der Waals surface area contributed by atoms with Crippen molar-refractivity contribution in [1.29, 1.82) is 0 Å². The molecular weight excluding hydrogens is 410 g/mol. The van der Waals surface area contributed by atoms with Gasteiger partial charge in [0.15, 0.2) is 5.78 Å². The van der Waals surface area contributed by atoms with E-state index in [4.69, 9.17) is 23.2 Å². The van der Waals surface area contributed by atoms with Crippen LogP contribution in [0, 0.1) is 29.5 Å². The molecule has 3 aliphatic rings. The normalized spacial score (nSPS) is 27.8. The molecule has 2 fully saturated rings. The molecule has 0 aliphatic heterocycles. The van der Waals surface area contributed by atoms with Crippen molar-refractivity contribution in [3.8, 4) is 11.1 Å². The standard InChI is InChI=1S/C24H21Cl2FO2/c1-2-11-3-4-14(19-17(26)9-15(25)10-18(19)27)8-16(11)22-23(28)20-12-5-6-13(7-12)21(20)24(22)29/h3-4,8-10,12-13,20-21,28H,2,5-7H2,1H3/t12-,13+,20-,21+/m0/s1. The Labute approximate surface area is 179 Å². The molecular formula is C24H21Cl2FO2. The van der Waals surface area contributed by atoms with E-state index in [-0.39, 0.29) is 39.0 Å². The number of rotatable bonds is 3. The van der Waals surface area contributed by atoms with E-state index in [0.29, 0.717) is 35.0 Å². The Morgan fingerprint density at radius 1 is 1.10 bits per heavy atom. The number of carbonyl (C=O) groups excluding carboxylic acids is 1. The van der Waals surface area contributed by atoms with E-state index in [9.17, 15) is 14.3 Å². The molecule has 2 aromatic carbocycles. The van der Waals surface area contributed by atoms with E-state index in [0.717, 1.165) is 24.8 Å². The second kappa shape index (κ2) is 6.85. The fraction of sp³-hybridized carbons (Fsp3) is 0.375. The smallest absolute Gasteiger partial charge is 0.170 e. The molecule has 5 heteroatoms. The summed E-state index contributed by atoms with van der Waals surface area (Å²) in [5.74, 6) is 0.435. The third-order valence-corrected chi connectivity index (χ3v) is 7.61. The molecule has 5 rings (SSSR count). The van der Waals surface area contributed by atoms with Crippen LogP contribution in [0.4, 0.5) is 4.39 Å². The number of ketones is 1. The van der Waals surface area contributed by atoms with Crippen molar-refractivity contribution in [3.63, 3.8) is 0 Å². The summed E-state index contributed by atoms with van der Waals surface area (Å²) >= 11 is 12.2. The monoisotopic (exact) mass is 430 g/mol. The molecule has 0 spiro atoms. The molecule has 2 nitrogen and oxygen atoms in total. The van der Waals surface area contributed by atoms with Gasteiger partial charge < -0.3 is 5.11 Å². The lowest BCUT2D eigenvalue weighted by atomic mass is 9.80. The number of allylic oxidation sites excluding steroid dienone is 2. The van der Waals surface area contributed by atoms with Crippen LogP contribution in [-0.4, -0.2) is 10.9 Å². The fourth-order valence-corrected chi connectivity index (χ4v) is 6.46. The average molecular weight is 431 g/mol. The zero-order valence-electron chi connectivity index (χ0n) is 16.0. The van der Waals surface area contributed by atoms with Crippen LogP contribution < -0.4 is 0 Å². The summed E-state index contributed by atoms with van der Waals surface area (Å²) in [6, 6.07) is 8.24. The molecule has 29 heavy (non-hydrogen) atoms. The molecule has 4 atom stereocenters. The Kier molecular flexibility index (Phi) is 4.52. The third-order valence-electron chi connectivity index (χ3n) is 7.09. The molecule has 2 aromatic rings. The highest BCUT2D eigenvalue weighted by molar-refractivity contribution is 6.36. The van der Waals surface area contributed by atoms with Gasteiger partial charge in [-0.15, -0.1) is 0 Å². The quantitative estimate of drug-likeness (QED) is 0.576. The summed E-state index contributed by atoms with van der Waals surface area (Å²) in [5, 5.41) is 11.5. The average Bonchev–Trinajstić information content (AvgIpc) is 3.35. The van der Waals surface area contributed by atoms with Crippen molar-refractivity contribution >= 4 is 34.6 Å². The van der Waals surface area contributed by atoms with E-state index in [1.54, 1.807) is 6.07 Å². The highest BCUT2D eigenvalue weighted by Gasteiger charge is 2.57. The zero-order chi connectivity index (χ0) is 20.4. The molecule has 0 radical (unpaired) electrons. The maximum Gasteiger partial charge on any atom is 0.170 e. The number of hydrogen-bond acceptors (Lipinski definition) is 2. The molecule has 0 aromatic heterocycles. The highest BCUT2D eigenvalue weighted by Crippen LogP contribution is 2.60. The number of carbonyl (C=O) groups is 1. The maximum atomic E-state index is 14.6. The first kappa shape index (κ1) is 19.1. The summed E-state index contributed by atoms with van der Waals surface area (Å²) in [5.41, 5.74) is 2.92. The van der Waals surface area contributed by atoms with Crippen LogP contribution >= 0.6 is 23.2 Å². The summed E-state index contributed by atoms with van der Waals surface area (Å²) in [7, 11) is 0. The number of aliphatic hydroxyl groups excluding tert-OH is 1. The van der Waals surface area contributed by atoms with Gasteiger partial charge in [0.2, 0.25) is 0 Å². The maximum absolute atomic E-state index is 14.6. The van der Waals surface area contributed by atoms with Gasteiger partial charge >= 0.3 is 0 Å². The van der Waals surface area contributed by atoms with Crippen molar-refractivity contribution in [3.05, 3.63) is 63.1 Å². The van der Waals surface area contributed by atoms with Gasteiger partial charge in [0.25, 0.3) is 0 Å². The molecule has 0 amide bonds. The van der Waals surface area contributed by atoms with Gasteiger partial charge in [-0.05, 0) is 72.4 Å². The lowest BCUT2D eigenvalue weighted by molar-refractivity contribution is -0.118. The van der Waals surface area contributed by atoms with Crippen molar-refractivity contribution < 1.29 is 14.3 Å². The molecule has 2 saturated carbocycles. The van der Waals surface area contributed by atoms with E-state index < -0.39 is 5.82 Å². The summed E-state index contributed by atoms with van der Waals surface area (Å²) in [4.78, 5) is 13.3. The molecule has 0 unspecified atom stereocenters. The first-order valence-corrected chi connectivity index (χ1v) is 10.9. The number of halogens is 3. The summed E-state index contributed by atoms with van der Waals surface area (Å²) in [6.07, 6.45) is 3.91. The fourth-order valence-electron chi connectivity index (χ4n) is 5.88. The minimum Gasteiger partial charge on any atom is -0.511 e. The molecule has 1 N–H and O–H groups in total. The van der Waals surface area contributed by atoms with Crippen LogP contribution in [0.15, 0.2) is 36.1 Å². The van der Waals surface area contributed by atoms with Crippen LogP contribution in [0.2, 0.25) is 10.0 Å². The summed E-state index contributed by atoms with van der Waals surface area (Å²) in [6.45, 7) is 2.01. The van der Waals surface area contributed by atoms with E-state index in [1.807, 2.05) is 19.1 Å². The Balaban J connectivity index is 1.66. The van der Waals surface area contributed by atoms with E-state index >= 15 is 0 Å². The third kappa shape index (κ3) is 2.78. The van der Waals surface area contributed by atoms with Gasteiger partial charge in [0, 0.05) is 22.4 Å². The first-order chi connectivity index (χ1) is 13.9. The Bertz CT molecular complexity index is 1050. The molecule has 0 saturated heterocycles. The Morgan fingerprint density at radius 3 is 2.48 bits per heavy atom. The van der Waals surface area contributed by atoms with Gasteiger partial charge in [0.1, 0.15) is 11.6 Å². The van der Waals surface area contributed by atoms with Crippen molar-refractivity contribution in [2.75, 3.05) is 0 Å². The lowest BCUT2D eigenvalue weighted by Crippen LogP contribution is -2.24. The van der Waals surface area contributed by atoms with Gasteiger partial charge in [-0.3, -0.25) is 4.79 Å². The predicted octanol–water partition coefficient (Wildman–Crippen LogP) is 6.88. The van der Waals surface area contributed by atoms with Crippen molar-refractivity contribution in [1.82, 2.24) is 0 Å². The van der Waals surface area contributed by atoms with Gasteiger partial charge in [0.05, 0.1) is 10.6 Å². The number of aryl methyl sites for hydroxylation is 1. The number of aliphatic hydroxyl groups is 1. The van der Waals surface area contributed by atoms with Crippen LogP contribution in [0.25, 0.3) is 16.7 Å². The Morgan fingerprint density at radius 2 is 1.83 bits per heavy atom. The summed E-state index contributed by atoms with van der Waals surface area (Å²) < 4.78 is 14.6. The van der Waals surface area contributed by atoms with Crippen LogP contribution in [0.5, 0.6) is 0 Å². The van der Waals surface area contributed by atoms with Crippen LogP contribution in [0.3, 0.4) is 0 Å². The first-order valence-electron chi connectivity index (χ1n) is 10.2. The topological polar surface area (TPSA) is 37.3 Å². The van der Waals surface area contributed by atoms with Crippen molar-refractivity contribution in [2.24, 2.45) is 23.7 Å². The van der Waals surface area contributed by atoms with Gasteiger partial charge in [-0.2, -0.15) is 0 Å². The number of Topliss-reactive ketones (excluding diaryl/α,β-unsaturated/α-hetero) is 1. The van der Waals surface area contributed by atoms with E-state index in [2.05, 4.69) is 0 Å². The zero-order valence-corrected chi connectivity index (χ0v) is 17.5. The largest absolute Gasteiger partial charge is 0.511 e.